The monoisotopic (exact) mass is 499 g/mol. The van der Waals surface area contributed by atoms with Gasteiger partial charge in [0.25, 0.3) is 0 Å². The minimum Gasteiger partial charge on any atom is -0.493 e. The average molecular weight is 500 g/mol. The summed E-state index contributed by atoms with van der Waals surface area (Å²) in [4.78, 5) is 2.66. The van der Waals surface area contributed by atoms with E-state index in [1.807, 2.05) is 0 Å². The van der Waals surface area contributed by atoms with Gasteiger partial charge in [-0.2, -0.15) is 0 Å². The summed E-state index contributed by atoms with van der Waals surface area (Å²) in [6.07, 6.45) is 5.61. The van der Waals surface area contributed by atoms with Crippen molar-refractivity contribution < 1.29 is 14.2 Å². The van der Waals surface area contributed by atoms with Gasteiger partial charge in [0.05, 0.1) is 26.4 Å². The number of nitrogens with zero attached hydrogens (tertiary/aromatic N) is 1. The van der Waals surface area contributed by atoms with E-state index in [4.69, 9.17) is 14.2 Å². The molecule has 0 aromatic heterocycles. The normalized spacial score (nSPS) is 20.5. The second kappa shape index (κ2) is 11.7. The molecule has 4 nitrogen and oxygen atoms in total. The van der Waals surface area contributed by atoms with Gasteiger partial charge in [-0.05, 0) is 99.0 Å². The van der Waals surface area contributed by atoms with Crippen molar-refractivity contribution in [2.24, 2.45) is 5.92 Å². The van der Waals surface area contributed by atoms with Gasteiger partial charge in [0.2, 0.25) is 0 Å². The fourth-order valence-corrected chi connectivity index (χ4v) is 6.50. The maximum absolute atomic E-state index is 6.54. The number of benzene rings is 3. The molecule has 2 aliphatic heterocycles. The predicted molar refractivity (Wildman–Crippen MR) is 150 cm³/mol. The molecule has 1 unspecified atom stereocenters. The van der Waals surface area contributed by atoms with E-state index in [0.717, 1.165) is 57.0 Å². The lowest BCUT2D eigenvalue weighted by Crippen LogP contribution is -2.45. The van der Waals surface area contributed by atoms with Crippen molar-refractivity contribution in [3.05, 3.63) is 95.1 Å². The van der Waals surface area contributed by atoms with Crippen LogP contribution in [0.5, 0.6) is 11.5 Å². The zero-order chi connectivity index (χ0) is 25.7. The third-order valence-corrected chi connectivity index (χ3v) is 8.66. The van der Waals surface area contributed by atoms with Crippen molar-refractivity contribution >= 4 is 0 Å². The van der Waals surface area contributed by atoms with Gasteiger partial charge in [0.15, 0.2) is 11.5 Å². The summed E-state index contributed by atoms with van der Waals surface area (Å²) in [6, 6.07) is 26.3. The number of rotatable bonds is 9. The fraction of sp³-hybridized carbons (Fsp3) is 0.455. The maximum atomic E-state index is 6.54. The molecular weight excluding hydrogens is 458 g/mol. The van der Waals surface area contributed by atoms with E-state index < -0.39 is 0 Å². The van der Waals surface area contributed by atoms with E-state index in [-0.39, 0.29) is 5.60 Å². The number of ether oxygens (including phenoxy) is 3. The van der Waals surface area contributed by atoms with E-state index in [1.165, 1.54) is 35.1 Å². The smallest absolute Gasteiger partial charge is 0.161 e. The first-order valence-electron chi connectivity index (χ1n) is 13.8. The van der Waals surface area contributed by atoms with Crippen molar-refractivity contribution in [2.45, 2.75) is 50.5 Å². The van der Waals surface area contributed by atoms with Gasteiger partial charge in [-0.15, -0.1) is 0 Å². The highest BCUT2D eigenvalue weighted by Gasteiger charge is 2.42. The van der Waals surface area contributed by atoms with Gasteiger partial charge in [-0.1, -0.05) is 60.7 Å². The number of hydrogen-bond acceptors (Lipinski definition) is 4. The molecular formula is C33H41NO3. The van der Waals surface area contributed by atoms with Crippen LogP contribution in [0, 0.1) is 5.92 Å². The van der Waals surface area contributed by atoms with Gasteiger partial charge in [0.1, 0.15) is 0 Å². The summed E-state index contributed by atoms with van der Waals surface area (Å²) in [5, 5.41) is 0. The first-order chi connectivity index (χ1) is 18.1. The molecule has 0 spiro atoms. The van der Waals surface area contributed by atoms with Crippen molar-refractivity contribution in [3.8, 4) is 11.5 Å². The Balaban J connectivity index is 1.21. The SMILES string of the molecule is COc1cc2c(cc1OC)C(C)(C1CCN(CCCC(c3ccccc3)c3ccccc3)CC1)OCC2. The Bertz CT molecular complexity index is 1100. The second-order valence-electron chi connectivity index (χ2n) is 10.7. The molecule has 0 aliphatic carbocycles. The number of likely N-dealkylation sites (tertiary alicyclic amines) is 1. The Morgan fingerprint density at radius 2 is 1.49 bits per heavy atom. The number of fused-ring (bicyclic) bond motifs is 1. The Hall–Kier alpha value is -2.82. The number of hydrogen-bond donors (Lipinski definition) is 0. The van der Waals surface area contributed by atoms with Crippen LogP contribution in [0.1, 0.15) is 60.8 Å². The van der Waals surface area contributed by atoms with Crippen LogP contribution in [0.25, 0.3) is 0 Å². The summed E-state index contributed by atoms with van der Waals surface area (Å²) in [6.45, 7) is 6.48. The number of piperidine rings is 1. The summed E-state index contributed by atoms with van der Waals surface area (Å²) >= 11 is 0. The van der Waals surface area contributed by atoms with Crippen molar-refractivity contribution in [2.75, 3.05) is 40.5 Å². The third-order valence-electron chi connectivity index (χ3n) is 8.66. The van der Waals surface area contributed by atoms with E-state index >= 15 is 0 Å². The zero-order valence-electron chi connectivity index (χ0n) is 22.6. The van der Waals surface area contributed by atoms with Crippen LogP contribution in [0.2, 0.25) is 0 Å². The first-order valence-corrected chi connectivity index (χ1v) is 13.8. The minimum atomic E-state index is -0.273. The molecule has 0 amide bonds. The largest absolute Gasteiger partial charge is 0.493 e. The van der Waals surface area contributed by atoms with Crippen molar-refractivity contribution in [3.63, 3.8) is 0 Å². The molecule has 5 rings (SSSR count). The van der Waals surface area contributed by atoms with Crippen molar-refractivity contribution in [1.82, 2.24) is 4.90 Å². The zero-order valence-corrected chi connectivity index (χ0v) is 22.6. The molecule has 2 heterocycles. The highest BCUT2D eigenvalue weighted by atomic mass is 16.5. The van der Waals surface area contributed by atoms with Crippen LogP contribution >= 0.6 is 0 Å². The van der Waals surface area contributed by atoms with Gasteiger partial charge < -0.3 is 19.1 Å². The number of methoxy groups -OCH3 is 2. The van der Waals surface area contributed by atoms with Gasteiger partial charge in [0, 0.05) is 5.92 Å². The van der Waals surface area contributed by atoms with E-state index in [0.29, 0.717) is 11.8 Å². The van der Waals surface area contributed by atoms with Crippen molar-refractivity contribution in [1.29, 1.82) is 0 Å². The lowest BCUT2D eigenvalue weighted by molar-refractivity contribution is -0.103. The van der Waals surface area contributed by atoms with Crippen LogP contribution in [-0.2, 0) is 16.8 Å². The molecule has 0 radical (unpaired) electrons. The summed E-state index contributed by atoms with van der Waals surface area (Å²) in [7, 11) is 3.42. The quantitative estimate of drug-likeness (QED) is 0.323. The highest BCUT2D eigenvalue weighted by Crippen LogP contribution is 2.46. The standard InChI is InChI=1S/C33H41NO3/c1-33(30-24-32(36-3)31(35-2)23-27(30)18-22-37-33)28-16-20-34(21-17-28)19-10-15-29(25-11-6-4-7-12-25)26-13-8-5-9-14-26/h4-9,11-14,23-24,28-29H,10,15-22H2,1-3H3. The van der Waals surface area contributed by atoms with Gasteiger partial charge >= 0.3 is 0 Å². The molecule has 1 fully saturated rings. The molecule has 1 atom stereocenters. The molecule has 37 heavy (non-hydrogen) atoms. The predicted octanol–water partition coefficient (Wildman–Crippen LogP) is 6.82. The second-order valence-corrected chi connectivity index (χ2v) is 10.7. The fourth-order valence-electron chi connectivity index (χ4n) is 6.50. The summed E-state index contributed by atoms with van der Waals surface area (Å²) in [5.41, 5.74) is 5.18. The van der Waals surface area contributed by atoms with E-state index in [1.54, 1.807) is 14.2 Å². The molecule has 2 aliphatic rings. The van der Waals surface area contributed by atoms with Crippen LogP contribution in [0.15, 0.2) is 72.8 Å². The molecule has 196 valence electrons. The molecule has 1 saturated heterocycles. The Morgan fingerprint density at radius 1 is 0.892 bits per heavy atom. The molecule has 0 bridgehead atoms. The lowest BCUT2D eigenvalue weighted by Gasteiger charge is -2.46. The molecule has 3 aromatic rings. The minimum absolute atomic E-state index is 0.273. The van der Waals surface area contributed by atoms with Crippen LogP contribution in [-0.4, -0.2) is 45.4 Å². The first kappa shape index (κ1) is 25.8. The highest BCUT2D eigenvalue weighted by molar-refractivity contribution is 5.50. The van der Waals surface area contributed by atoms with Crippen LogP contribution < -0.4 is 9.47 Å². The summed E-state index contributed by atoms with van der Waals surface area (Å²) < 4.78 is 17.7. The van der Waals surface area contributed by atoms with Crippen LogP contribution in [0.4, 0.5) is 0 Å². The van der Waals surface area contributed by atoms with Gasteiger partial charge in [-0.3, -0.25) is 0 Å². The molecule has 0 N–H and O–H groups in total. The third kappa shape index (κ3) is 5.56. The maximum Gasteiger partial charge on any atom is 0.161 e. The Labute approximate surface area is 222 Å². The topological polar surface area (TPSA) is 30.9 Å². The van der Waals surface area contributed by atoms with Crippen LogP contribution in [0.3, 0.4) is 0 Å². The lowest BCUT2D eigenvalue weighted by atomic mass is 9.74. The molecule has 4 heteroatoms. The summed E-state index contributed by atoms with van der Waals surface area (Å²) in [5.74, 6) is 2.56. The van der Waals surface area contributed by atoms with Gasteiger partial charge in [-0.25, -0.2) is 0 Å². The molecule has 3 aromatic carbocycles. The van der Waals surface area contributed by atoms with E-state index in [2.05, 4.69) is 84.6 Å². The van der Waals surface area contributed by atoms with E-state index in [9.17, 15) is 0 Å². The molecule has 0 saturated carbocycles. The Morgan fingerprint density at radius 3 is 2.08 bits per heavy atom. The average Bonchev–Trinajstić information content (AvgIpc) is 2.96. The Kier molecular flexibility index (Phi) is 8.17.